The van der Waals surface area contributed by atoms with Gasteiger partial charge in [-0.3, -0.25) is 9.69 Å². The van der Waals surface area contributed by atoms with Crippen LogP contribution in [0.5, 0.6) is 5.75 Å². The van der Waals surface area contributed by atoms with E-state index >= 15 is 0 Å². The minimum absolute atomic E-state index is 0.00836. The van der Waals surface area contributed by atoms with Crippen LogP contribution in [-0.4, -0.2) is 50.3 Å². The molecular weight excluding hydrogens is 376 g/mol. The van der Waals surface area contributed by atoms with E-state index in [2.05, 4.69) is 52.7 Å². The van der Waals surface area contributed by atoms with Crippen LogP contribution < -0.4 is 10.1 Å². The molecule has 1 heterocycles. The Morgan fingerprint density at radius 1 is 1.03 bits per heavy atom. The molecule has 1 atom stereocenters. The van der Waals surface area contributed by atoms with Gasteiger partial charge in [0, 0.05) is 19.6 Å². The van der Waals surface area contributed by atoms with Gasteiger partial charge in [-0.25, -0.2) is 0 Å². The summed E-state index contributed by atoms with van der Waals surface area (Å²) < 4.78 is 11.2. The molecule has 0 bridgehead atoms. The lowest BCUT2D eigenvalue weighted by molar-refractivity contribution is -0.123. The average Bonchev–Trinajstić information content (AvgIpc) is 2.79. The van der Waals surface area contributed by atoms with E-state index in [1.807, 2.05) is 31.2 Å². The first kappa shape index (κ1) is 20.4. The molecule has 0 aromatic heterocycles. The first-order valence-corrected chi connectivity index (χ1v) is 10.5. The van der Waals surface area contributed by atoms with E-state index in [-0.39, 0.29) is 18.6 Å². The summed E-state index contributed by atoms with van der Waals surface area (Å²) in [6.07, 6.45) is 0. The monoisotopic (exact) mass is 404 g/mol. The van der Waals surface area contributed by atoms with E-state index < -0.39 is 0 Å². The van der Waals surface area contributed by atoms with Crippen molar-refractivity contribution in [1.29, 1.82) is 0 Å². The summed E-state index contributed by atoms with van der Waals surface area (Å²) in [4.78, 5) is 14.9. The molecule has 1 amide bonds. The van der Waals surface area contributed by atoms with Crippen LogP contribution in [-0.2, 0) is 9.53 Å². The Morgan fingerprint density at radius 3 is 2.57 bits per heavy atom. The Hall–Kier alpha value is -2.89. The summed E-state index contributed by atoms with van der Waals surface area (Å²) in [5.41, 5.74) is 2.39. The van der Waals surface area contributed by atoms with E-state index in [4.69, 9.17) is 9.47 Å². The number of nitrogens with one attached hydrogen (secondary N) is 1. The molecule has 0 unspecified atom stereocenters. The van der Waals surface area contributed by atoms with Crippen molar-refractivity contribution in [3.63, 3.8) is 0 Å². The number of morpholine rings is 1. The van der Waals surface area contributed by atoms with E-state index in [9.17, 15) is 4.79 Å². The second-order valence-corrected chi connectivity index (χ2v) is 7.64. The summed E-state index contributed by atoms with van der Waals surface area (Å²) in [6, 6.07) is 22.6. The molecule has 3 aromatic carbocycles. The highest BCUT2D eigenvalue weighted by molar-refractivity contribution is 5.86. The van der Waals surface area contributed by atoms with E-state index in [1.165, 1.54) is 16.3 Å². The molecule has 0 radical (unpaired) electrons. The maximum absolute atomic E-state index is 12.5. The molecule has 30 heavy (non-hydrogen) atoms. The zero-order valence-corrected chi connectivity index (χ0v) is 17.3. The normalized spacial score (nSPS) is 15.6. The van der Waals surface area contributed by atoms with Crippen molar-refractivity contribution in [2.75, 3.05) is 39.5 Å². The van der Waals surface area contributed by atoms with Crippen LogP contribution in [0.25, 0.3) is 10.8 Å². The van der Waals surface area contributed by atoms with E-state index in [1.54, 1.807) is 0 Å². The number of hydrogen-bond acceptors (Lipinski definition) is 4. The second kappa shape index (κ2) is 9.74. The summed E-state index contributed by atoms with van der Waals surface area (Å²) in [5, 5.41) is 5.51. The standard InChI is InChI=1S/C25H28N2O3/c1-19-9-11-21(12-10-19)30-18-25(28)26-17-24(27-13-15-29-16-14-27)23-8-4-6-20-5-2-3-7-22(20)23/h2-12,24H,13-18H2,1H3,(H,26,28)/t24-/m0/s1. The fourth-order valence-electron chi connectivity index (χ4n) is 3.91. The molecule has 1 aliphatic heterocycles. The van der Waals surface area contributed by atoms with Gasteiger partial charge >= 0.3 is 0 Å². The van der Waals surface area contributed by atoms with Crippen molar-refractivity contribution in [3.8, 4) is 5.75 Å². The maximum atomic E-state index is 12.5. The van der Waals surface area contributed by atoms with Gasteiger partial charge in [-0.2, -0.15) is 0 Å². The smallest absolute Gasteiger partial charge is 0.258 e. The lowest BCUT2D eigenvalue weighted by atomic mass is 9.97. The number of nitrogens with zero attached hydrogens (tertiary/aromatic N) is 1. The molecular formula is C25H28N2O3. The minimum atomic E-state index is -0.117. The van der Waals surface area contributed by atoms with Gasteiger partial charge in [-0.05, 0) is 35.4 Å². The summed E-state index contributed by atoms with van der Waals surface area (Å²) in [6.45, 7) is 5.69. The highest BCUT2D eigenvalue weighted by atomic mass is 16.5. The van der Waals surface area contributed by atoms with Crippen LogP contribution in [0, 0.1) is 6.92 Å². The van der Waals surface area contributed by atoms with E-state index in [0.29, 0.717) is 25.5 Å². The molecule has 1 N–H and O–H groups in total. The first-order chi connectivity index (χ1) is 14.7. The average molecular weight is 405 g/mol. The van der Waals surface area contributed by atoms with Gasteiger partial charge < -0.3 is 14.8 Å². The van der Waals surface area contributed by atoms with Gasteiger partial charge in [0.2, 0.25) is 0 Å². The van der Waals surface area contributed by atoms with Crippen LogP contribution in [0.15, 0.2) is 66.7 Å². The van der Waals surface area contributed by atoms with Crippen molar-refractivity contribution in [2.24, 2.45) is 0 Å². The molecule has 5 nitrogen and oxygen atoms in total. The van der Waals surface area contributed by atoms with Gasteiger partial charge in [0.1, 0.15) is 5.75 Å². The van der Waals surface area contributed by atoms with Crippen molar-refractivity contribution >= 4 is 16.7 Å². The molecule has 156 valence electrons. The molecule has 0 spiro atoms. The van der Waals surface area contributed by atoms with Gasteiger partial charge in [0.25, 0.3) is 5.91 Å². The van der Waals surface area contributed by atoms with Crippen molar-refractivity contribution in [3.05, 3.63) is 77.9 Å². The zero-order valence-electron chi connectivity index (χ0n) is 17.3. The zero-order chi connectivity index (χ0) is 20.8. The number of carbonyl (C=O) groups is 1. The van der Waals surface area contributed by atoms with Crippen molar-refractivity contribution in [2.45, 2.75) is 13.0 Å². The molecule has 0 saturated carbocycles. The summed E-state index contributed by atoms with van der Waals surface area (Å²) in [7, 11) is 0. The van der Waals surface area contributed by atoms with Gasteiger partial charge in [0.05, 0.1) is 19.3 Å². The molecule has 4 rings (SSSR count). The second-order valence-electron chi connectivity index (χ2n) is 7.64. The lowest BCUT2D eigenvalue weighted by Crippen LogP contribution is -2.44. The lowest BCUT2D eigenvalue weighted by Gasteiger charge is -2.35. The van der Waals surface area contributed by atoms with Crippen molar-refractivity contribution in [1.82, 2.24) is 10.2 Å². The van der Waals surface area contributed by atoms with Gasteiger partial charge in [0.15, 0.2) is 6.61 Å². The Morgan fingerprint density at radius 2 is 1.77 bits per heavy atom. The Bertz CT molecular complexity index is 976. The van der Waals surface area contributed by atoms with E-state index in [0.717, 1.165) is 18.7 Å². The number of benzene rings is 3. The number of ether oxygens (including phenoxy) is 2. The third kappa shape index (κ3) is 4.99. The maximum Gasteiger partial charge on any atom is 0.258 e. The first-order valence-electron chi connectivity index (χ1n) is 10.5. The molecule has 1 aliphatic rings. The largest absolute Gasteiger partial charge is 0.484 e. The third-order valence-corrected chi connectivity index (χ3v) is 5.55. The Labute approximate surface area is 177 Å². The fourth-order valence-corrected chi connectivity index (χ4v) is 3.91. The fraction of sp³-hybridized carbons (Fsp3) is 0.320. The number of rotatable bonds is 7. The van der Waals surface area contributed by atoms with Crippen LogP contribution >= 0.6 is 0 Å². The number of amides is 1. The molecule has 0 aliphatic carbocycles. The van der Waals surface area contributed by atoms with Crippen LogP contribution in [0.1, 0.15) is 17.2 Å². The van der Waals surface area contributed by atoms with Crippen LogP contribution in [0.3, 0.4) is 0 Å². The Kier molecular flexibility index (Phi) is 6.62. The van der Waals surface area contributed by atoms with Crippen LogP contribution in [0.2, 0.25) is 0 Å². The minimum Gasteiger partial charge on any atom is -0.484 e. The molecule has 5 heteroatoms. The molecule has 1 fully saturated rings. The van der Waals surface area contributed by atoms with Crippen molar-refractivity contribution < 1.29 is 14.3 Å². The summed E-state index contributed by atoms with van der Waals surface area (Å²) in [5.74, 6) is 0.587. The predicted molar refractivity (Wildman–Crippen MR) is 119 cm³/mol. The highest BCUT2D eigenvalue weighted by Crippen LogP contribution is 2.28. The SMILES string of the molecule is Cc1ccc(OCC(=O)NC[C@@H](c2cccc3ccccc23)N2CCOCC2)cc1. The highest BCUT2D eigenvalue weighted by Gasteiger charge is 2.24. The number of aryl methyl sites for hydroxylation is 1. The van der Waals surface area contributed by atoms with Gasteiger partial charge in [-0.1, -0.05) is 60.2 Å². The van der Waals surface area contributed by atoms with Crippen LogP contribution in [0.4, 0.5) is 0 Å². The number of hydrogen-bond donors (Lipinski definition) is 1. The predicted octanol–water partition coefficient (Wildman–Crippen LogP) is 3.72. The quantitative estimate of drug-likeness (QED) is 0.652. The molecule has 3 aromatic rings. The number of fused-ring (bicyclic) bond motifs is 1. The van der Waals surface area contributed by atoms with Gasteiger partial charge in [-0.15, -0.1) is 0 Å². The molecule has 1 saturated heterocycles. The number of carbonyl (C=O) groups excluding carboxylic acids is 1. The summed E-state index contributed by atoms with van der Waals surface area (Å²) >= 11 is 0. The third-order valence-electron chi connectivity index (χ3n) is 5.55. The Balaban J connectivity index is 1.46. The topological polar surface area (TPSA) is 50.8 Å².